The molecule has 2 heterocycles. The Balaban J connectivity index is 1.84. The van der Waals surface area contributed by atoms with Crippen LogP contribution in [0.1, 0.15) is 55.0 Å². The van der Waals surface area contributed by atoms with Crippen molar-refractivity contribution < 1.29 is 14.7 Å². The molecule has 142 valence electrons. The number of carboxylic acid groups (broad SMARTS) is 1. The van der Waals surface area contributed by atoms with Crippen molar-refractivity contribution in [2.75, 3.05) is 13.1 Å². The summed E-state index contributed by atoms with van der Waals surface area (Å²) in [6.45, 7) is 9.09. The molecule has 1 saturated heterocycles. The van der Waals surface area contributed by atoms with Gasteiger partial charge in [-0.15, -0.1) is 0 Å². The van der Waals surface area contributed by atoms with Gasteiger partial charge >= 0.3 is 5.97 Å². The third-order valence-electron chi connectivity index (χ3n) is 4.82. The lowest BCUT2D eigenvalue weighted by atomic mass is 9.95. The molecule has 1 aromatic carbocycles. The maximum atomic E-state index is 12.5. The number of carboxylic acids is 1. The Kier molecular flexibility index (Phi) is 5.00. The summed E-state index contributed by atoms with van der Waals surface area (Å²) in [5.41, 5.74) is 2.43. The Morgan fingerprint density at radius 3 is 2.41 bits per heavy atom. The van der Waals surface area contributed by atoms with Gasteiger partial charge in [-0.05, 0) is 31.5 Å². The molecule has 0 radical (unpaired) electrons. The lowest BCUT2D eigenvalue weighted by Crippen LogP contribution is -2.37. The van der Waals surface area contributed by atoms with Crippen LogP contribution in [0.4, 0.5) is 0 Å². The predicted octanol–water partition coefficient (Wildman–Crippen LogP) is 3.51. The highest BCUT2D eigenvalue weighted by molar-refractivity contribution is 5.88. The van der Waals surface area contributed by atoms with Crippen molar-refractivity contribution in [3.05, 3.63) is 47.4 Å². The minimum absolute atomic E-state index is 0.167. The number of aromatic nitrogens is 2. The Morgan fingerprint density at radius 1 is 1.15 bits per heavy atom. The van der Waals surface area contributed by atoms with Gasteiger partial charge in [-0.25, -0.2) is 14.8 Å². The van der Waals surface area contributed by atoms with Crippen LogP contribution in [0.3, 0.4) is 0 Å². The third kappa shape index (κ3) is 4.15. The van der Waals surface area contributed by atoms with Crippen LogP contribution >= 0.6 is 0 Å². The van der Waals surface area contributed by atoms with Crippen LogP contribution < -0.4 is 0 Å². The van der Waals surface area contributed by atoms with E-state index >= 15 is 0 Å². The van der Waals surface area contributed by atoms with Crippen LogP contribution in [-0.2, 0) is 4.79 Å². The average Bonchev–Trinajstić information content (AvgIpc) is 3.09. The zero-order valence-corrected chi connectivity index (χ0v) is 16.2. The van der Waals surface area contributed by atoms with E-state index in [2.05, 4.69) is 9.97 Å². The van der Waals surface area contributed by atoms with Gasteiger partial charge in [0.05, 0.1) is 11.3 Å². The van der Waals surface area contributed by atoms with Crippen LogP contribution in [0, 0.1) is 12.3 Å². The highest BCUT2D eigenvalue weighted by atomic mass is 16.4. The number of carbonyl (C=O) groups excluding carboxylic acids is 1. The van der Waals surface area contributed by atoms with Gasteiger partial charge in [0, 0.05) is 35.7 Å². The van der Waals surface area contributed by atoms with Crippen LogP contribution in [0.5, 0.6) is 0 Å². The molecule has 6 heteroatoms. The summed E-state index contributed by atoms with van der Waals surface area (Å²) in [7, 11) is 0. The molecular formula is C21H25N3O3. The van der Waals surface area contributed by atoms with Crippen molar-refractivity contribution in [3.63, 3.8) is 0 Å². The maximum Gasteiger partial charge on any atom is 0.335 e. The molecule has 1 amide bonds. The summed E-state index contributed by atoms with van der Waals surface area (Å²) in [6.07, 6.45) is 0.885. The third-order valence-corrected chi connectivity index (χ3v) is 4.82. The van der Waals surface area contributed by atoms with Crippen LogP contribution in [0.15, 0.2) is 30.3 Å². The highest BCUT2D eigenvalue weighted by Gasteiger charge is 2.34. The predicted molar refractivity (Wildman–Crippen MR) is 103 cm³/mol. The Hall–Kier alpha value is -2.76. The summed E-state index contributed by atoms with van der Waals surface area (Å²) < 4.78 is 0. The van der Waals surface area contributed by atoms with Crippen molar-refractivity contribution in [2.45, 2.75) is 40.0 Å². The number of hydrogen-bond acceptors (Lipinski definition) is 4. The summed E-state index contributed by atoms with van der Waals surface area (Å²) in [5, 5.41) is 9.05. The molecule has 0 aliphatic carbocycles. The zero-order valence-electron chi connectivity index (χ0n) is 16.2. The number of rotatable bonds is 3. The number of hydrogen-bond donors (Lipinski definition) is 1. The number of aryl methyl sites for hydroxylation is 1. The fourth-order valence-corrected chi connectivity index (χ4v) is 3.39. The van der Waals surface area contributed by atoms with Gasteiger partial charge in [0.2, 0.25) is 5.91 Å². The minimum atomic E-state index is -0.948. The van der Waals surface area contributed by atoms with E-state index in [1.54, 1.807) is 24.3 Å². The molecule has 1 atom stereocenters. The number of carbonyl (C=O) groups is 2. The molecule has 1 aromatic heterocycles. The van der Waals surface area contributed by atoms with E-state index in [1.165, 1.54) is 0 Å². The Labute approximate surface area is 159 Å². The maximum absolute atomic E-state index is 12.5. The Morgan fingerprint density at radius 2 is 1.81 bits per heavy atom. The molecule has 0 unspecified atom stereocenters. The number of amides is 1. The molecule has 3 rings (SSSR count). The van der Waals surface area contributed by atoms with E-state index in [-0.39, 0.29) is 22.8 Å². The molecule has 0 spiro atoms. The first-order chi connectivity index (χ1) is 12.6. The molecule has 6 nitrogen and oxygen atoms in total. The van der Waals surface area contributed by atoms with E-state index in [0.717, 1.165) is 29.9 Å². The molecular weight excluding hydrogens is 342 g/mol. The van der Waals surface area contributed by atoms with Gasteiger partial charge < -0.3 is 10.0 Å². The second-order valence-electron chi connectivity index (χ2n) is 8.09. The average molecular weight is 367 g/mol. The summed E-state index contributed by atoms with van der Waals surface area (Å²) >= 11 is 0. The van der Waals surface area contributed by atoms with E-state index in [0.29, 0.717) is 12.4 Å². The Bertz CT molecular complexity index is 869. The first-order valence-corrected chi connectivity index (χ1v) is 9.14. The van der Waals surface area contributed by atoms with E-state index < -0.39 is 5.97 Å². The quantitative estimate of drug-likeness (QED) is 0.897. The topological polar surface area (TPSA) is 83.4 Å². The van der Waals surface area contributed by atoms with Gasteiger partial charge in [-0.3, -0.25) is 4.79 Å². The number of benzene rings is 1. The fraction of sp³-hybridized carbons (Fsp3) is 0.429. The smallest absolute Gasteiger partial charge is 0.335 e. The van der Waals surface area contributed by atoms with Gasteiger partial charge in [0.1, 0.15) is 5.82 Å². The number of aromatic carboxylic acids is 1. The first-order valence-electron chi connectivity index (χ1n) is 9.14. The van der Waals surface area contributed by atoms with Crippen molar-refractivity contribution in [1.29, 1.82) is 0 Å². The molecule has 27 heavy (non-hydrogen) atoms. The van der Waals surface area contributed by atoms with E-state index in [4.69, 9.17) is 5.11 Å². The molecule has 2 aromatic rings. The van der Waals surface area contributed by atoms with Crippen molar-refractivity contribution in [2.24, 2.45) is 5.41 Å². The lowest BCUT2D eigenvalue weighted by Gasteiger charge is -2.25. The van der Waals surface area contributed by atoms with E-state index in [9.17, 15) is 9.59 Å². The van der Waals surface area contributed by atoms with Crippen LogP contribution in [0.25, 0.3) is 11.3 Å². The molecule has 1 N–H and O–H groups in total. The SMILES string of the molecule is Cc1nc(-c2ccc(C(=O)O)cc2)cc([C@H]2CCN(C(=O)C(C)(C)C)C2)n1. The largest absolute Gasteiger partial charge is 0.478 e. The van der Waals surface area contributed by atoms with Gasteiger partial charge in [0.25, 0.3) is 0 Å². The van der Waals surface area contributed by atoms with Crippen molar-refractivity contribution >= 4 is 11.9 Å². The van der Waals surface area contributed by atoms with Crippen LogP contribution in [-0.4, -0.2) is 44.9 Å². The van der Waals surface area contributed by atoms with Gasteiger partial charge in [-0.2, -0.15) is 0 Å². The van der Waals surface area contributed by atoms with Crippen LogP contribution in [0.2, 0.25) is 0 Å². The zero-order chi connectivity index (χ0) is 19.8. The lowest BCUT2D eigenvalue weighted by molar-refractivity contribution is -0.138. The first kappa shape index (κ1) is 19.0. The summed E-state index contributed by atoms with van der Waals surface area (Å²) in [4.78, 5) is 34.6. The van der Waals surface area contributed by atoms with Gasteiger partial charge in [0.15, 0.2) is 0 Å². The minimum Gasteiger partial charge on any atom is -0.478 e. The summed E-state index contributed by atoms with van der Waals surface area (Å²) in [6, 6.07) is 8.64. The molecule has 1 aliphatic rings. The fourth-order valence-electron chi connectivity index (χ4n) is 3.39. The molecule has 1 aliphatic heterocycles. The van der Waals surface area contributed by atoms with Crippen molar-refractivity contribution in [3.8, 4) is 11.3 Å². The standard InChI is InChI=1S/C21H25N3O3/c1-13-22-17(14-5-7-15(8-6-14)19(25)26)11-18(23-13)16-9-10-24(12-16)20(27)21(2,3)4/h5-8,11,16H,9-10,12H2,1-4H3,(H,25,26)/t16-/m0/s1. The van der Waals surface area contributed by atoms with Gasteiger partial charge in [-0.1, -0.05) is 32.9 Å². The van der Waals surface area contributed by atoms with E-state index in [1.807, 2.05) is 38.7 Å². The number of likely N-dealkylation sites (tertiary alicyclic amines) is 1. The highest BCUT2D eigenvalue weighted by Crippen LogP contribution is 2.31. The summed E-state index contributed by atoms with van der Waals surface area (Å²) in [5.74, 6) is 0.0800. The molecule has 0 bridgehead atoms. The monoisotopic (exact) mass is 367 g/mol. The second kappa shape index (κ2) is 7.10. The molecule has 0 saturated carbocycles. The normalized spacial score (nSPS) is 17.2. The second-order valence-corrected chi connectivity index (χ2v) is 8.09. The van der Waals surface area contributed by atoms with Crippen molar-refractivity contribution in [1.82, 2.24) is 14.9 Å². The number of nitrogens with zero attached hydrogens (tertiary/aromatic N) is 3. The molecule has 1 fully saturated rings.